The van der Waals surface area contributed by atoms with Crippen molar-refractivity contribution in [3.8, 4) is 12.3 Å². The molecule has 0 spiro atoms. The van der Waals surface area contributed by atoms with Crippen molar-refractivity contribution in [2.75, 3.05) is 0 Å². The average Bonchev–Trinajstić information content (AvgIpc) is 2.71. The van der Waals surface area contributed by atoms with Crippen LogP contribution in [0.5, 0.6) is 0 Å². The van der Waals surface area contributed by atoms with Gasteiger partial charge in [-0.15, -0.1) is 25.5 Å². The fourth-order valence-electron chi connectivity index (χ4n) is 2.56. The molecule has 0 aliphatic rings. The van der Waals surface area contributed by atoms with Gasteiger partial charge in [-0.05, 0) is 72.1 Å². The molecule has 0 aliphatic carbocycles. The summed E-state index contributed by atoms with van der Waals surface area (Å²) in [6, 6.07) is 0. The Balaban J connectivity index is -0.000000380. The number of carbonyl (C=O) groups excluding carboxylic acids is 3. The molecule has 0 saturated heterocycles. The zero-order valence-corrected chi connectivity index (χ0v) is 20.8. The van der Waals surface area contributed by atoms with Crippen molar-refractivity contribution < 1.29 is 14.4 Å². The Morgan fingerprint density at radius 1 is 0.774 bits per heavy atom. The molecule has 3 nitrogen and oxygen atoms in total. The second kappa shape index (κ2) is 28.1. The van der Waals surface area contributed by atoms with E-state index in [1.54, 1.807) is 20.8 Å². The summed E-state index contributed by atoms with van der Waals surface area (Å²) in [6.45, 7) is 14.2. The number of terminal acetylenes is 1. The zero-order chi connectivity index (χ0) is 24.3. The molecule has 0 aromatic rings. The van der Waals surface area contributed by atoms with Gasteiger partial charge in [-0.2, -0.15) is 0 Å². The highest BCUT2D eigenvalue weighted by atomic mass is 16.1. The number of carbonyl (C=O) groups is 3. The molecule has 0 N–H and O–H groups in total. The second-order valence-electron chi connectivity index (χ2n) is 8.14. The van der Waals surface area contributed by atoms with Crippen LogP contribution in [0, 0.1) is 18.3 Å². The smallest absolute Gasteiger partial charge is 0.132 e. The largest absolute Gasteiger partial charge is 0.300 e. The minimum absolute atomic E-state index is 0.250. The summed E-state index contributed by atoms with van der Waals surface area (Å²) >= 11 is 0. The Hall–Kier alpha value is -1.95. The fourth-order valence-corrected chi connectivity index (χ4v) is 2.56. The van der Waals surface area contributed by atoms with Crippen LogP contribution in [0.3, 0.4) is 0 Å². The number of allylic oxidation sites excluding steroid dienone is 2. The highest BCUT2D eigenvalue weighted by molar-refractivity contribution is 5.77. The van der Waals surface area contributed by atoms with Crippen LogP contribution in [0.4, 0.5) is 0 Å². The third kappa shape index (κ3) is 39.1. The van der Waals surface area contributed by atoms with Gasteiger partial charge in [0.15, 0.2) is 0 Å². The van der Waals surface area contributed by atoms with Gasteiger partial charge < -0.3 is 9.59 Å². The topological polar surface area (TPSA) is 51.2 Å². The lowest BCUT2D eigenvalue weighted by atomic mass is 10.00. The third-order valence-corrected chi connectivity index (χ3v) is 4.78. The number of hydrogen-bond acceptors (Lipinski definition) is 3. The lowest BCUT2D eigenvalue weighted by molar-refractivity contribution is -0.120. The molecule has 178 valence electrons. The van der Waals surface area contributed by atoms with Gasteiger partial charge in [0.2, 0.25) is 0 Å². The molecule has 0 fully saturated rings. The van der Waals surface area contributed by atoms with Crippen LogP contribution in [0.2, 0.25) is 0 Å². The monoisotopic (exact) mass is 432 g/mol. The van der Waals surface area contributed by atoms with Crippen LogP contribution in [-0.2, 0) is 14.4 Å². The van der Waals surface area contributed by atoms with Gasteiger partial charge in [-0.25, -0.2) is 0 Å². The fraction of sp³-hybridized carbons (Fsp3) is 0.679. The average molecular weight is 433 g/mol. The predicted molar refractivity (Wildman–Crippen MR) is 135 cm³/mol. The van der Waals surface area contributed by atoms with Crippen molar-refractivity contribution in [3.05, 3.63) is 25.3 Å². The predicted octanol–water partition coefficient (Wildman–Crippen LogP) is 7.83. The quantitative estimate of drug-likeness (QED) is 0.134. The van der Waals surface area contributed by atoms with E-state index in [0.29, 0.717) is 18.0 Å². The van der Waals surface area contributed by atoms with E-state index in [1.165, 1.54) is 12.8 Å². The minimum atomic E-state index is 0.250. The molecule has 31 heavy (non-hydrogen) atoms. The van der Waals surface area contributed by atoms with E-state index in [2.05, 4.69) is 19.1 Å². The molecule has 0 saturated carbocycles. The first-order valence-electron chi connectivity index (χ1n) is 11.9. The molecule has 0 aliphatic heterocycles. The second-order valence-corrected chi connectivity index (χ2v) is 8.14. The van der Waals surface area contributed by atoms with Crippen LogP contribution >= 0.6 is 0 Å². The van der Waals surface area contributed by atoms with Crippen molar-refractivity contribution >= 4 is 17.3 Å². The van der Waals surface area contributed by atoms with Crippen LogP contribution < -0.4 is 0 Å². The van der Waals surface area contributed by atoms with E-state index < -0.39 is 0 Å². The molecule has 1 atom stereocenters. The normalized spacial score (nSPS) is 10.3. The molecule has 0 radical (unpaired) electrons. The molecule has 0 unspecified atom stereocenters. The highest BCUT2D eigenvalue weighted by Gasteiger charge is 2.05. The summed E-state index contributed by atoms with van der Waals surface area (Å²) in [6.07, 6.45) is 23.2. The first-order valence-corrected chi connectivity index (χ1v) is 11.9. The molecule has 0 bridgehead atoms. The SMILES string of the molecule is C#CCCCCCC(C)=O.C=CCCCCCC(C)=O.C=CCCCC[C@@H](C)C(C)=O. The van der Waals surface area contributed by atoms with Gasteiger partial charge in [-0.3, -0.25) is 4.79 Å². The van der Waals surface area contributed by atoms with E-state index in [-0.39, 0.29) is 11.7 Å². The van der Waals surface area contributed by atoms with Crippen molar-refractivity contribution in [1.29, 1.82) is 0 Å². The minimum Gasteiger partial charge on any atom is -0.300 e. The molecule has 0 rings (SSSR count). The first-order chi connectivity index (χ1) is 14.7. The summed E-state index contributed by atoms with van der Waals surface area (Å²) in [5.41, 5.74) is 0. The molecule has 0 amide bonds. The number of hydrogen-bond donors (Lipinski definition) is 0. The van der Waals surface area contributed by atoms with Crippen molar-refractivity contribution in [1.82, 2.24) is 0 Å². The van der Waals surface area contributed by atoms with Gasteiger partial charge >= 0.3 is 0 Å². The maximum atomic E-state index is 10.8. The Bertz CT molecular complexity index is 511. The van der Waals surface area contributed by atoms with Crippen LogP contribution in [0.25, 0.3) is 0 Å². The lowest BCUT2D eigenvalue weighted by Crippen LogP contribution is -2.05. The van der Waals surface area contributed by atoms with E-state index in [0.717, 1.165) is 70.6 Å². The lowest BCUT2D eigenvalue weighted by Gasteiger charge is -2.05. The van der Waals surface area contributed by atoms with Crippen molar-refractivity contribution in [2.24, 2.45) is 5.92 Å². The zero-order valence-electron chi connectivity index (χ0n) is 20.8. The molecule has 3 heteroatoms. The molecule has 0 heterocycles. The van der Waals surface area contributed by atoms with Gasteiger partial charge in [-0.1, -0.05) is 38.3 Å². The number of rotatable bonds is 17. The summed E-state index contributed by atoms with van der Waals surface area (Å²) in [5, 5.41) is 0. The Morgan fingerprint density at radius 3 is 1.61 bits per heavy atom. The van der Waals surface area contributed by atoms with E-state index in [9.17, 15) is 14.4 Å². The van der Waals surface area contributed by atoms with E-state index in [4.69, 9.17) is 6.42 Å². The highest BCUT2D eigenvalue weighted by Crippen LogP contribution is 2.10. The Morgan fingerprint density at radius 2 is 1.23 bits per heavy atom. The van der Waals surface area contributed by atoms with Crippen LogP contribution in [-0.4, -0.2) is 17.3 Å². The number of unbranched alkanes of at least 4 members (excludes halogenated alkanes) is 8. The van der Waals surface area contributed by atoms with E-state index in [1.807, 2.05) is 19.1 Å². The molecular formula is C28H48O3. The van der Waals surface area contributed by atoms with Crippen LogP contribution in [0.15, 0.2) is 25.3 Å². The number of Topliss-reactive ketones (excluding diaryl/α,β-unsaturated/α-hetero) is 3. The summed E-state index contributed by atoms with van der Waals surface area (Å²) in [4.78, 5) is 31.7. The van der Waals surface area contributed by atoms with Crippen LogP contribution in [0.1, 0.15) is 118 Å². The van der Waals surface area contributed by atoms with E-state index >= 15 is 0 Å². The maximum absolute atomic E-state index is 10.8. The van der Waals surface area contributed by atoms with Crippen molar-refractivity contribution in [2.45, 2.75) is 118 Å². The molecular weight excluding hydrogens is 384 g/mol. The van der Waals surface area contributed by atoms with Gasteiger partial charge in [0, 0.05) is 25.2 Å². The maximum Gasteiger partial charge on any atom is 0.132 e. The Kier molecular flexibility index (Phi) is 30.5. The summed E-state index contributed by atoms with van der Waals surface area (Å²) < 4.78 is 0. The molecule has 0 aromatic heterocycles. The standard InChI is InChI=1S/C10H18O.C9H16O.C9H14O/c1-4-5-6-7-8-9(2)10(3)11;2*1-3-4-5-6-7-8-9(2)10/h4,9H,1,5-8H2,2-3H3;3H,1,4-8H2,2H3;1H,4-8H2,2H3/t9-;;/m1../s1. The Labute approximate surface area is 193 Å². The summed E-state index contributed by atoms with van der Waals surface area (Å²) in [5.74, 6) is 3.71. The van der Waals surface area contributed by atoms with Crippen molar-refractivity contribution in [3.63, 3.8) is 0 Å². The number of ketones is 3. The van der Waals surface area contributed by atoms with Gasteiger partial charge in [0.25, 0.3) is 0 Å². The first kappa shape index (κ1) is 33.7. The van der Waals surface area contributed by atoms with Gasteiger partial charge in [0.05, 0.1) is 0 Å². The molecule has 0 aromatic carbocycles. The summed E-state index contributed by atoms with van der Waals surface area (Å²) in [7, 11) is 0. The third-order valence-electron chi connectivity index (χ3n) is 4.78. The van der Waals surface area contributed by atoms with Gasteiger partial charge in [0.1, 0.15) is 17.3 Å².